The molecule has 0 aliphatic rings. The van der Waals surface area contributed by atoms with Gasteiger partial charge < -0.3 is 9.84 Å². The topological polar surface area (TPSA) is 29.5 Å². The Hall–Kier alpha value is -2.55. The highest BCUT2D eigenvalue weighted by Crippen LogP contribution is 2.37. The highest BCUT2D eigenvalue weighted by Gasteiger charge is 2.15. The van der Waals surface area contributed by atoms with E-state index in [2.05, 4.69) is 6.58 Å². The highest BCUT2D eigenvalue weighted by molar-refractivity contribution is 5.78. The molecule has 0 heterocycles. The minimum Gasteiger partial charge on any atom is -0.507 e. The van der Waals surface area contributed by atoms with Crippen molar-refractivity contribution in [3.05, 3.63) is 65.5 Å². The van der Waals surface area contributed by atoms with E-state index in [-0.39, 0.29) is 11.6 Å². The number of allylic oxidation sites excluding steroid dienone is 2. The molecule has 0 aromatic heterocycles. The Bertz CT molecular complexity index is 756. The zero-order valence-corrected chi connectivity index (χ0v) is 13.7. The first-order valence-electron chi connectivity index (χ1n) is 7.42. The first-order valence-corrected chi connectivity index (χ1v) is 7.42. The second-order valence-electron chi connectivity index (χ2n) is 5.57. The molecule has 2 aromatic rings. The third-order valence-electron chi connectivity index (χ3n) is 3.67. The molecule has 0 unspecified atom stereocenters. The van der Waals surface area contributed by atoms with Crippen LogP contribution in [0.1, 0.15) is 25.0 Å². The molecule has 0 amide bonds. The molecular weight excluding hydrogens is 291 g/mol. The quantitative estimate of drug-likeness (QED) is 0.753. The number of phenols is 1. The summed E-state index contributed by atoms with van der Waals surface area (Å²) in [5.41, 5.74) is 3.48. The number of hydrogen-bond donors (Lipinski definition) is 1. The average Bonchev–Trinajstić information content (AvgIpc) is 2.52. The number of phenolic OH excluding ortho intramolecular Hbond substituents is 1. The van der Waals surface area contributed by atoms with Crippen LogP contribution >= 0.6 is 0 Å². The maximum Gasteiger partial charge on any atom is 0.131 e. The summed E-state index contributed by atoms with van der Waals surface area (Å²) in [4.78, 5) is 0. The van der Waals surface area contributed by atoms with Gasteiger partial charge >= 0.3 is 0 Å². The summed E-state index contributed by atoms with van der Waals surface area (Å²) in [7, 11) is 1.54. The van der Waals surface area contributed by atoms with Crippen LogP contribution in [0.5, 0.6) is 11.5 Å². The third-order valence-corrected chi connectivity index (χ3v) is 3.67. The smallest absolute Gasteiger partial charge is 0.131 e. The Kier molecular flexibility index (Phi) is 5.22. The molecule has 1 N–H and O–H groups in total. The Morgan fingerprint density at radius 1 is 1.30 bits per heavy atom. The first-order chi connectivity index (χ1) is 11.0. The predicted molar refractivity (Wildman–Crippen MR) is 93.3 cm³/mol. The zero-order chi connectivity index (χ0) is 17.0. The molecule has 0 bridgehead atoms. The van der Waals surface area contributed by atoms with E-state index in [0.29, 0.717) is 34.4 Å². The van der Waals surface area contributed by atoms with Crippen LogP contribution in [-0.2, 0) is 6.42 Å². The fourth-order valence-corrected chi connectivity index (χ4v) is 2.48. The third kappa shape index (κ3) is 3.62. The fraction of sp³-hybridized carbons (Fsp3) is 0.200. The van der Waals surface area contributed by atoms with Crippen molar-refractivity contribution in [3.8, 4) is 22.6 Å². The van der Waals surface area contributed by atoms with Crippen molar-refractivity contribution in [2.45, 2.75) is 20.3 Å². The van der Waals surface area contributed by atoms with Gasteiger partial charge in [0.2, 0.25) is 0 Å². The summed E-state index contributed by atoms with van der Waals surface area (Å²) in [6.07, 6.45) is 4.16. The van der Waals surface area contributed by atoms with E-state index in [1.807, 2.05) is 19.9 Å². The van der Waals surface area contributed by atoms with Gasteiger partial charge in [-0.25, -0.2) is 4.39 Å². The van der Waals surface area contributed by atoms with Crippen molar-refractivity contribution in [2.75, 3.05) is 7.11 Å². The molecule has 0 saturated carbocycles. The molecule has 23 heavy (non-hydrogen) atoms. The summed E-state index contributed by atoms with van der Waals surface area (Å²) in [6, 6.07) is 8.13. The Morgan fingerprint density at radius 2 is 2.04 bits per heavy atom. The molecule has 2 aromatic carbocycles. The van der Waals surface area contributed by atoms with Crippen molar-refractivity contribution in [1.82, 2.24) is 0 Å². The minimum absolute atomic E-state index is 0.0927. The monoisotopic (exact) mass is 312 g/mol. The lowest BCUT2D eigenvalue weighted by Gasteiger charge is -2.14. The maximum atomic E-state index is 14.3. The Labute approximate surface area is 136 Å². The van der Waals surface area contributed by atoms with Crippen LogP contribution in [0.4, 0.5) is 4.39 Å². The lowest BCUT2D eigenvalue weighted by Crippen LogP contribution is -1.95. The van der Waals surface area contributed by atoms with Gasteiger partial charge in [-0.3, -0.25) is 0 Å². The van der Waals surface area contributed by atoms with Crippen LogP contribution in [0.25, 0.3) is 17.2 Å². The Morgan fingerprint density at radius 3 is 2.65 bits per heavy atom. The van der Waals surface area contributed by atoms with E-state index < -0.39 is 0 Å². The molecule has 2 nitrogen and oxygen atoms in total. The van der Waals surface area contributed by atoms with Gasteiger partial charge in [-0.15, -0.1) is 0 Å². The van der Waals surface area contributed by atoms with Crippen molar-refractivity contribution in [2.24, 2.45) is 0 Å². The minimum atomic E-state index is -0.360. The second-order valence-corrected chi connectivity index (χ2v) is 5.57. The molecule has 120 valence electrons. The second kappa shape index (κ2) is 7.14. The van der Waals surface area contributed by atoms with Gasteiger partial charge in [0.05, 0.1) is 7.11 Å². The number of hydrogen-bond acceptors (Lipinski definition) is 2. The van der Waals surface area contributed by atoms with Gasteiger partial charge in [0.15, 0.2) is 0 Å². The van der Waals surface area contributed by atoms with Crippen molar-refractivity contribution in [1.29, 1.82) is 0 Å². The molecule has 0 aliphatic heterocycles. The van der Waals surface area contributed by atoms with E-state index in [0.717, 1.165) is 5.57 Å². The van der Waals surface area contributed by atoms with Crippen molar-refractivity contribution >= 4 is 6.08 Å². The van der Waals surface area contributed by atoms with Crippen molar-refractivity contribution < 1.29 is 14.2 Å². The molecule has 0 radical (unpaired) electrons. The van der Waals surface area contributed by atoms with E-state index >= 15 is 0 Å². The standard InChI is InChI=1S/C20H21FO2/c1-5-14-7-6-8-17(21)20(14)15-11-18(22)16(10-9-13(2)3)19(12-15)23-4/h5-9,11-12,22H,1,10H2,2-4H3. The summed E-state index contributed by atoms with van der Waals surface area (Å²) >= 11 is 0. The summed E-state index contributed by atoms with van der Waals surface area (Å²) in [6.45, 7) is 7.71. The van der Waals surface area contributed by atoms with Gasteiger partial charge in [0.25, 0.3) is 0 Å². The molecule has 2 rings (SSSR count). The number of aromatic hydroxyl groups is 1. The molecular formula is C20H21FO2. The molecule has 0 fully saturated rings. The lowest BCUT2D eigenvalue weighted by atomic mass is 9.96. The zero-order valence-electron chi connectivity index (χ0n) is 13.7. The summed E-state index contributed by atoms with van der Waals surface area (Å²) < 4.78 is 19.7. The number of benzene rings is 2. The molecule has 3 heteroatoms. The number of methoxy groups -OCH3 is 1. The summed E-state index contributed by atoms with van der Waals surface area (Å²) in [5.74, 6) is 0.270. The van der Waals surface area contributed by atoms with E-state index in [4.69, 9.17) is 4.74 Å². The maximum absolute atomic E-state index is 14.3. The van der Waals surface area contributed by atoms with Crippen molar-refractivity contribution in [3.63, 3.8) is 0 Å². The van der Waals surface area contributed by atoms with Gasteiger partial charge in [-0.1, -0.05) is 36.4 Å². The van der Waals surface area contributed by atoms with E-state index in [1.165, 1.54) is 6.07 Å². The summed E-state index contributed by atoms with van der Waals surface area (Å²) in [5, 5.41) is 10.4. The van der Waals surface area contributed by atoms with Crippen LogP contribution < -0.4 is 4.74 Å². The largest absolute Gasteiger partial charge is 0.507 e. The van der Waals surface area contributed by atoms with Crippen LogP contribution in [-0.4, -0.2) is 12.2 Å². The van der Waals surface area contributed by atoms with Crippen LogP contribution in [0.3, 0.4) is 0 Å². The van der Waals surface area contributed by atoms with Gasteiger partial charge in [-0.05, 0) is 49.6 Å². The van der Waals surface area contributed by atoms with Crippen LogP contribution in [0.15, 0.2) is 48.6 Å². The molecule has 0 aliphatic carbocycles. The number of halogens is 1. The van der Waals surface area contributed by atoms with Gasteiger partial charge in [0, 0.05) is 11.1 Å². The SMILES string of the molecule is C=Cc1cccc(F)c1-c1cc(O)c(CC=C(C)C)c(OC)c1. The van der Waals surface area contributed by atoms with E-state index in [9.17, 15) is 9.50 Å². The van der Waals surface area contributed by atoms with Crippen LogP contribution in [0.2, 0.25) is 0 Å². The fourth-order valence-electron chi connectivity index (χ4n) is 2.48. The Balaban J connectivity index is 2.61. The average molecular weight is 312 g/mol. The lowest BCUT2D eigenvalue weighted by molar-refractivity contribution is 0.401. The number of ether oxygens (including phenoxy) is 1. The normalized spacial score (nSPS) is 10.3. The van der Waals surface area contributed by atoms with Crippen LogP contribution in [0, 0.1) is 5.82 Å². The molecule has 0 spiro atoms. The van der Waals surface area contributed by atoms with Gasteiger partial charge in [-0.2, -0.15) is 0 Å². The molecule has 0 saturated heterocycles. The van der Waals surface area contributed by atoms with E-state index in [1.54, 1.807) is 37.5 Å². The molecule has 0 atom stereocenters. The van der Waals surface area contributed by atoms with Gasteiger partial charge in [0.1, 0.15) is 17.3 Å². The number of rotatable bonds is 5. The first kappa shape index (κ1) is 16.8. The highest BCUT2D eigenvalue weighted by atomic mass is 19.1. The predicted octanol–water partition coefficient (Wildman–Crippen LogP) is 5.36.